The molecular weight excluding hydrogens is 437 g/mol. The molecule has 158 valence electrons. The molecular formula is C23H20N3NaO4S. The van der Waals surface area contributed by atoms with Gasteiger partial charge in [0.05, 0.1) is 6.54 Å². The van der Waals surface area contributed by atoms with E-state index >= 15 is 0 Å². The Bertz CT molecular complexity index is 1430. The van der Waals surface area contributed by atoms with Crippen LogP contribution in [-0.4, -0.2) is 38.9 Å². The molecule has 0 spiro atoms. The number of aromatic amines is 1. The maximum Gasteiger partial charge on any atom is 1.00 e. The van der Waals surface area contributed by atoms with Crippen LogP contribution >= 0.6 is 11.3 Å². The Morgan fingerprint density at radius 2 is 2.03 bits per heavy atom. The Kier molecular flexibility index (Phi) is 7.30. The number of aromatic carboxylic acids is 1. The van der Waals surface area contributed by atoms with Gasteiger partial charge in [0.1, 0.15) is 11.2 Å². The van der Waals surface area contributed by atoms with E-state index in [9.17, 15) is 14.4 Å². The number of aromatic nitrogens is 2. The number of carbonyl (C=O) groups excluding carboxylic acids is 1. The van der Waals surface area contributed by atoms with Gasteiger partial charge in [-0.1, -0.05) is 18.2 Å². The molecule has 1 amide bonds. The molecule has 0 atom stereocenters. The van der Waals surface area contributed by atoms with Crippen molar-refractivity contribution in [2.24, 2.45) is 0 Å². The van der Waals surface area contributed by atoms with Crippen LogP contribution in [0.3, 0.4) is 0 Å². The Hall–Kier alpha value is -2.78. The molecule has 32 heavy (non-hydrogen) atoms. The topological polar surface area (TPSA) is 103 Å². The van der Waals surface area contributed by atoms with E-state index in [-0.39, 0.29) is 48.1 Å². The number of hydrogen-bond acceptors (Lipinski definition) is 5. The molecule has 0 fully saturated rings. The maximum absolute atomic E-state index is 12.6. The first-order valence-corrected chi connectivity index (χ1v) is 10.3. The number of rotatable bonds is 5. The summed E-state index contributed by atoms with van der Waals surface area (Å²) in [6.45, 7) is 2.58. The molecule has 0 saturated heterocycles. The molecule has 0 bridgehead atoms. The zero-order valence-electron chi connectivity index (χ0n) is 18.9. The minimum Gasteiger partial charge on any atom is -1.00 e. The van der Waals surface area contributed by atoms with Crippen LogP contribution in [0, 0.1) is 6.92 Å². The second-order valence-electron chi connectivity index (χ2n) is 7.20. The number of H-pyrrole nitrogens is 1. The van der Waals surface area contributed by atoms with Crippen molar-refractivity contribution in [1.29, 1.82) is 0 Å². The number of amides is 1. The maximum atomic E-state index is 12.6. The molecule has 0 radical (unpaired) electrons. The number of carbonyl (C=O) groups is 2. The summed E-state index contributed by atoms with van der Waals surface area (Å²) < 4.78 is 1.20. The van der Waals surface area contributed by atoms with E-state index in [0.717, 1.165) is 4.88 Å². The van der Waals surface area contributed by atoms with Gasteiger partial charge in [0, 0.05) is 34.3 Å². The monoisotopic (exact) mass is 457 g/mol. The summed E-state index contributed by atoms with van der Waals surface area (Å²) in [5.74, 6) is -1.47. The molecule has 2 N–H and O–H groups in total. The molecule has 0 saturated carbocycles. The second-order valence-corrected chi connectivity index (χ2v) is 8.33. The van der Waals surface area contributed by atoms with Crippen LogP contribution in [-0.2, 0) is 11.3 Å². The van der Waals surface area contributed by atoms with Gasteiger partial charge in [-0.3, -0.25) is 9.59 Å². The number of thiophene rings is 1. The zero-order chi connectivity index (χ0) is 22.1. The van der Waals surface area contributed by atoms with Gasteiger partial charge in [0.15, 0.2) is 0 Å². The number of nitrogens with one attached hydrogen (secondary N) is 1. The van der Waals surface area contributed by atoms with Gasteiger partial charge in [0.25, 0.3) is 5.56 Å². The van der Waals surface area contributed by atoms with Gasteiger partial charge in [0.2, 0.25) is 5.91 Å². The Balaban J connectivity index is 0.00000193. The molecule has 0 aliphatic heterocycles. The van der Waals surface area contributed by atoms with Gasteiger partial charge in [-0.25, -0.2) is 9.78 Å². The van der Waals surface area contributed by atoms with Crippen molar-refractivity contribution < 1.29 is 45.7 Å². The first kappa shape index (κ1) is 23.9. The van der Waals surface area contributed by atoms with Crippen LogP contribution in [0.1, 0.15) is 27.8 Å². The number of fused-ring (bicyclic) bond motifs is 2. The van der Waals surface area contributed by atoms with Crippen LogP contribution < -0.4 is 35.1 Å². The van der Waals surface area contributed by atoms with E-state index in [4.69, 9.17) is 5.11 Å². The largest absolute Gasteiger partial charge is 1.00 e. The number of carboxylic acid groups (broad SMARTS) is 1. The first-order valence-electron chi connectivity index (χ1n) is 9.50. The van der Waals surface area contributed by atoms with Crippen LogP contribution in [0.25, 0.3) is 27.2 Å². The number of carboxylic acids is 1. The smallest absolute Gasteiger partial charge is 1.00 e. The van der Waals surface area contributed by atoms with Crippen LogP contribution in [0.15, 0.2) is 53.5 Å². The average molecular weight is 457 g/mol. The van der Waals surface area contributed by atoms with E-state index < -0.39 is 11.5 Å². The minimum absolute atomic E-state index is 0. The van der Waals surface area contributed by atoms with E-state index in [0.29, 0.717) is 17.5 Å². The molecule has 0 unspecified atom stereocenters. The van der Waals surface area contributed by atoms with E-state index in [1.165, 1.54) is 34.0 Å². The zero-order valence-corrected chi connectivity index (χ0v) is 20.7. The standard InChI is InChI=1S/C23H19N3O4S.Na.H/c1-13-16-5-3-4-6-18(16)31-19(13)12-26(2)20(27)8-7-14-9-15-10-17(23(29)30)22(28)25-21(15)24-11-14;;/h3-11H,12H2,1-2H3,(H,29,30)(H,24,25,28);;/q;+1;-1/b8-7+;;. The molecule has 3 heterocycles. The van der Waals surface area contributed by atoms with Gasteiger partial charge in [-0.2, -0.15) is 0 Å². The van der Waals surface area contributed by atoms with E-state index in [2.05, 4.69) is 29.0 Å². The normalized spacial score (nSPS) is 11.1. The predicted octanol–water partition coefficient (Wildman–Crippen LogP) is 0.933. The van der Waals surface area contributed by atoms with Gasteiger partial charge in [-0.05, 0) is 47.7 Å². The molecule has 9 heteroatoms. The first-order chi connectivity index (χ1) is 14.8. The summed E-state index contributed by atoms with van der Waals surface area (Å²) in [4.78, 5) is 44.9. The Morgan fingerprint density at radius 1 is 1.28 bits per heavy atom. The van der Waals surface area contributed by atoms with Crippen molar-refractivity contribution in [3.05, 3.63) is 80.6 Å². The van der Waals surface area contributed by atoms with Crippen LogP contribution in [0.4, 0.5) is 0 Å². The third-order valence-corrected chi connectivity index (χ3v) is 6.32. The average Bonchev–Trinajstić information content (AvgIpc) is 3.06. The molecule has 4 rings (SSSR count). The summed E-state index contributed by atoms with van der Waals surface area (Å²) in [5, 5.41) is 10.8. The van der Waals surface area contributed by atoms with Crippen molar-refractivity contribution in [1.82, 2.24) is 14.9 Å². The fraction of sp³-hybridized carbons (Fsp3) is 0.130. The SMILES string of the molecule is Cc1c(CN(C)C(=O)/C=C/c2cnc3[nH]c(=O)c(C(=O)O)cc3c2)sc2ccccc12.[H-].[Na+]. The van der Waals surface area contributed by atoms with Gasteiger partial charge < -0.3 is 16.4 Å². The fourth-order valence-corrected chi connectivity index (χ4v) is 4.59. The third-order valence-electron chi connectivity index (χ3n) is 5.06. The van der Waals surface area contributed by atoms with Crippen molar-refractivity contribution in [2.45, 2.75) is 13.5 Å². The molecule has 0 aliphatic carbocycles. The number of likely N-dealkylation sites (N-methyl/N-ethyl adjacent to an activating group) is 1. The molecule has 3 aromatic heterocycles. The van der Waals surface area contributed by atoms with Crippen LogP contribution in [0.2, 0.25) is 0 Å². The number of nitrogens with zero attached hydrogens (tertiary/aromatic N) is 2. The van der Waals surface area contributed by atoms with Gasteiger partial charge in [-0.15, -0.1) is 11.3 Å². The summed E-state index contributed by atoms with van der Waals surface area (Å²) in [6.07, 6.45) is 4.59. The van der Waals surface area contributed by atoms with Crippen molar-refractivity contribution in [2.75, 3.05) is 7.05 Å². The van der Waals surface area contributed by atoms with Gasteiger partial charge >= 0.3 is 35.5 Å². The summed E-state index contributed by atoms with van der Waals surface area (Å²) in [7, 11) is 1.75. The van der Waals surface area contributed by atoms with E-state index in [1.54, 1.807) is 35.4 Å². The van der Waals surface area contributed by atoms with E-state index in [1.807, 2.05) is 12.1 Å². The molecule has 1 aromatic carbocycles. The minimum atomic E-state index is -1.31. The molecule has 0 aliphatic rings. The molecule has 4 aromatic rings. The predicted molar refractivity (Wildman–Crippen MR) is 123 cm³/mol. The summed E-state index contributed by atoms with van der Waals surface area (Å²) >= 11 is 1.69. The summed E-state index contributed by atoms with van der Waals surface area (Å²) in [6, 6.07) is 11.1. The van der Waals surface area contributed by atoms with Crippen molar-refractivity contribution in [3.63, 3.8) is 0 Å². The summed E-state index contributed by atoms with van der Waals surface area (Å²) in [5.41, 5.74) is 1.03. The number of hydrogen-bond donors (Lipinski definition) is 2. The number of benzene rings is 1. The number of pyridine rings is 2. The van der Waals surface area contributed by atoms with Crippen molar-refractivity contribution in [3.8, 4) is 0 Å². The third kappa shape index (κ3) is 4.83. The Morgan fingerprint density at radius 3 is 2.75 bits per heavy atom. The fourth-order valence-electron chi connectivity index (χ4n) is 3.32. The second kappa shape index (κ2) is 9.79. The number of aryl methyl sites for hydroxylation is 1. The van der Waals surface area contributed by atoms with Crippen LogP contribution in [0.5, 0.6) is 0 Å². The Labute approximate surface area is 211 Å². The quantitative estimate of drug-likeness (QED) is 0.343. The van der Waals surface area contributed by atoms with Crippen molar-refractivity contribution >= 4 is 50.4 Å². The molecule has 7 nitrogen and oxygen atoms in total.